The summed E-state index contributed by atoms with van der Waals surface area (Å²) in [5, 5.41) is 11.6. The monoisotopic (exact) mass is 285 g/mol. The predicted octanol–water partition coefficient (Wildman–Crippen LogP) is 2.19. The van der Waals surface area contributed by atoms with Crippen LogP contribution < -0.4 is 10.1 Å². The molecule has 6 heteroatoms. The fourth-order valence-corrected chi connectivity index (χ4v) is 1.40. The van der Waals surface area contributed by atoms with E-state index in [0.717, 1.165) is 0 Å². The molecule has 20 heavy (non-hydrogen) atoms. The summed E-state index contributed by atoms with van der Waals surface area (Å²) in [6, 6.07) is 5.93. The molecular formula is C14H17F2NO3. The van der Waals surface area contributed by atoms with Crippen molar-refractivity contribution in [1.82, 2.24) is 5.32 Å². The Bertz CT molecular complexity index is 444. The van der Waals surface area contributed by atoms with Crippen LogP contribution in [-0.4, -0.2) is 30.3 Å². The number of aliphatic hydroxyl groups excluding tert-OH is 1. The normalized spacial score (nSPS) is 12.7. The van der Waals surface area contributed by atoms with Gasteiger partial charge in [0.25, 0.3) is 0 Å². The van der Waals surface area contributed by atoms with E-state index in [4.69, 9.17) is 5.11 Å². The molecule has 1 unspecified atom stereocenters. The maximum Gasteiger partial charge on any atom is 0.387 e. The van der Waals surface area contributed by atoms with E-state index in [1.54, 1.807) is 25.1 Å². The number of carbonyl (C=O) groups excluding carboxylic acids is 1. The number of carbonyl (C=O) groups is 1. The van der Waals surface area contributed by atoms with Crippen molar-refractivity contribution in [2.24, 2.45) is 0 Å². The quantitative estimate of drug-likeness (QED) is 0.755. The Balaban J connectivity index is 2.43. The lowest BCUT2D eigenvalue weighted by Crippen LogP contribution is -2.24. The Morgan fingerprint density at radius 2 is 2.05 bits per heavy atom. The van der Waals surface area contributed by atoms with Crippen LogP contribution in [0.2, 0.25) is 0 Å². The number of amides is 1. The largest absolute Gasteiger partial charge is 0.435 e. The average Bonchev–Trinajstić information content (AvgIpc) is 2.37. The van der Waals surface area contributed by atoms with Gasteiger partial charge in [0, 0.05) is 12.6 Å². The summed E-state index contributed by atoms with van der Waals surface area (Å²) in [6.45, 7) is -0.816. The molecule has 0 bridgehead atoms. The van der Waals surface area contributed by atoms with E-state index in [9.17, 15) is 13.6 Å². The number of ether oxygens (including phenoxy) is 1. The number of nitrogens with one attached hydrogen (secondary N) is 1. The standard InChI is InChI=1S/C14H17F2NO3/c1-10(18)8-9-17-13(19)7-4-11-2-5-12(6-3-11)20-14(15)16/h2-7,10,14,18H,8-9H2,1H3,(H,17,19)/b7-4+. The summed E-state index contributed by atoms with van der Waals surface area (Å²) in [7, 11) is 0. The fourth-order valence-electron chi connectivity index (χ4n) is 1.40. The van der Waals surface area contributed by atoms with Crippen LogP contribution in [0.3, 0.4) is 0 Å². The van der Waals surface area contributed by atoms with E-state index >= 15 is 0 Å². The first kappa shape index (κ1) is 16.1. The molecule has 0 aliphatic rings. The summed E-state index contributed by atoms with van der Waals surface area (Å²) in [6.07, 6.45) is 2.93. The van der Waals surface area contributed by atoms with Gasteiger partial charge in [-0.15, -0.1) is 0 Å². The van der Waals surface area contributed by atoms with E-state index in [-0.39, 0.29) is 11.7 Å². The highest BCUT2D eigenvalue weighted by Gasteiger charge is 2.03. The summed E-state index contributed by atoms with van der Waals surface area (Å²) in [5.74, 6) is -0.211. The van der Waals surface area contributed by atoms with Gasteiger partial charge in [0.05, 0.1) is 6.10 Å². The molecule has 1 aromatic carbocycles. The highest BCUT2D eigenvalue weighted by Crippen LogP contribution is 2.15. The molecule has 0 aromatic heterocycles. The van der Waals surface area contributed by atoms with E-state index in [0.29, 0.717) is 18.5 Å². The van der Waals surface area contributed by atoms with Gasteiger partial charge in [-0.05, 0) is 37.1 Å². The average molecular weight is 285 g/mol. The van der Waals surface area contributed by atoms with E-state index in [1.165, 1.54) is 18.2 Å². The number of aliphatic hydroxyl groups is 1. The lowest BCUT2D eigenvalue weighted by atomic mass is 10.2. The third kappa shape index (κ3) is 6.84. The molecule has 0 saturated carbocycles. The van der Waals surface area contributed by atoms with Gasteiger partial charge in [-0.1, -0.05) is 12.1 Å². The van der Waals surface area contributed by atoms with E-state index in [1.807, 2.05) is 0 Å². The Morgan fingerprint density at radius 1 is 1.40 bits per heavy atom. The summed E-state index contributed by atoms with van der Waals surface area (Å²) >= 11 is 0. The van der Waals surface area contributed by atoms with Crippen LogP contribution in [0.4, 0.5) is 8.78 Å². The molecule has 0 fully saturated rings. The fraction of sp³-hybridized carbons (Fsp3) is 0.357. The second-order valence-corrected chi connectivity index (χ2v) is 4.21. The molecule has 0 saturated heterocycles. The minimum atomic E-state index is -2.85. The number of benzene rings is 1. The van der Waals surface area contributed by atoms with Gasteiger partial charge < -0.3 is 15.2 Å². The molecule has 0 radical (unpaired) electrons. The van der Waals surface area contributed by atoms with Gasteiger partial charge in [-0.3, -0.25) is 4.79 Å². The van der Waals surface area contributed by atoms with Gasteiger partial charge in [-0.2, -0.15) is 8.78 Å². The van der Waals surface area contributed by atoms with Gasteiger partial charge in [-0.25, -0.2) is 0 Å². The highest BCUT2D eigenvalue weighted by atomic mass is 19.3. The van der Waals surface area contributed by atoms with Crippen molar-refractivity contribution in [2.75, 3.05) is 6.54 Å². The molecule has 1 amide bonds. The van der Waals surface area contributed by atoms with Crippen LogP contribution in [0.15, 0.2) is 30.3 Å². The third-order valence-corrected chi connectivity index (χ3v) is 2.39. The molecule has 1 atom stereocenters. The second-order valence-electron chi connectivity index (χ2n) is 4.21. The molecule has 0 aliphatic heterocycles. The lowest BCUT2D eigenvalue weighted by molar-refractivity contribution is -0.116. The van der Waals surface area contributed by atoms with Crippen LogP contribution in [0.1, 0.15) is 18.9 Å². The second kappa shape index (κ2) is 8.27. The van der Waals surface area contributed by atoms with Gasteiger partial charge in [0.15, 0.2) is 0 Å². The maximum absolute atomic E-state index is 11.9. The molecule has 0 aliphatic carbocycles. The number of hydrogen-bond acceptors (Lipinski definition) is 3. The maximum atomic E-state index is 11.9. The molecule has 4 nitrogen and oxygen atoms in total. The van der Waals surface area contributed by atoms with Crippen molar-refractivity contribution >= 4 is 12.0 Å². The molecular weight excluding hydrogens is 268 g/mol. The molecule has 2 N–H and O–H groups in total. The first-order chi connectivity index (χ1) is 9.47. The minimum Gasteiger partial charge on any atom is -0.435 e. The summed E-state index contributed by atoms with van der Waals surface area (Å²) in [4.78, 5) is 11.4. The van der Waals surface area contributed by atoms with Crippen molar-refractivity contribution in [2.45, 2.75) is 26.1 Å². The molecule has 0 spiro atoms. The van der Waals surface area contributed by atoms with Gasteiger partial charge >= 0.3 is 6.61 Å². The first-order valence-electron chi connectivity index (χ1n) is 6.16. The number of hydrogen-bond donors (Lipinski definition) is 2. The van der Waals surface area contributed by atoms with Crippen LogP contribution in [0.25, 0.3) is 6.08 Å². The number of rotatable bonds is 7. The van der Waals surface area contributed by atoms with Crippen molar-refractivity contribution in [3.05, 3.63) is 35.9 Å². The van der Waals surface area contributed by atoms with Crippen LogP contribution >= 0.6 is 0 Å². The van der Waals surface area contributed by atoms with Crippen molar-refractivity contribution in [3.8, 4) is 5.75 Å². The smallest absolute Gasteiger partial charge is 0.387 e. The zero-order chi connectivity index (χ0) is 15.0. The zero-order valence-electron chi connectivity index (χ0n) is 11.1. The summed E-state index contributed by atoms with van der Waals surface area (Å²) < 4.78 is 28.1. The Hall–Kier alpha value is -1.95. The number of alkyl halides is 2. The Labute approximate surface area is 116 Å². The van der Waals surface area contributed by atoms with Crippen molar-refractivity contribution in [3.63, 3.8) is 0 Å². The van der Waals surface area contributed by atoms with Gasteiger partial charge in [0.2, 0.25) is 5.91 Å². The predicted molar refractivity (Wildman–Crippen MR) is 71.4 cm³/mol. The number of halogens is 2. The van der Waals surface area contributed by atoms with Crippen LogP contribution in [0.5, 0.6) is 5.75 Å². The topological polar surface area (TPSA) is 58.6 Å². The van der Waals surface area contributed by atoms with Crippen LogP contribution in [-0.2, 0) is 4.79 Å². The van der Waals surface area contributed by atoms with Crippen LogP contribution in [0, 0.1) is 0 Å². The molecule has 1 aromatic rings. The minimum absolute atomic E-state index is 0.0681. The van der Waals surface area contributed by atoms with Gasteiger partial charge in [0.1, 0.15) is 5.75 Å². The molecule has 1 rings (SSSR count). The highest BCUT2D eigenvalue weighted by molar-refractivity contribution is 5.91. The molecule has 110 valence electrons. The first-order valence-corrected chi connectivity index (χ1v) is 6.16. The van der Waals surface area contributed by atoms with Crippen molar-refractivity contribution in [1.29, 1.82) is 0 Å². The Morgan fingerprint density at radius 3 is 2.60 bits per heavy atom. The van der Waals surface area contributed by atoms with E-state index < -0.39 is 12.7 Å². The third-order valence-electron chi connectivity index (χ3n) is 2.39. The zero-order valence-corrected chi connectivity index (χ0v) is 11.1. The Kier molecular flexibility index (Phi) is 6.66. The van der Waals surface area contributed by atoms with E-state index in [2.05, 4.69) is 10.1 Å². The van der Waals surface area contributed by atoms with Crippen molar-refractivity contribution < 1.29 is 23.4 Å². The SMILES string of the molecule is CC(O)CCNC(=O)/C=C/c1ccc(OC(F)F)cc1. The lowest BCUT2D eigenvalue weighted by Gasteiger charge is -2.04. The summed E-state index contributed by atoms with van der Waals surface area (Å²) in [5.41, 5.74) is 0.692. The molecule has 0 heterocycles.